The molecule has 3 aromatic heterocycles. The number of ether oxygens (including phenoxy) is 3. The number of nitrogens with zero attached hydrogens (tertiary/aromatic N) is 7. The van der Waals surface area contributed by atoms with E-state index in [1.54, 1.807) is 67.2 Å². The summed E-state index contributed by atoms with van der Waals surface area (Å²) in [7, 11) is 0. The average molecular weight is 1110 g/mol. The Hall–Kier alpha value is -7.52. The topological polar surface area (TPSA) is 273 Å². The van der Waals surface area contributed by atoms with E-state index in [-0.39, 0.29) is 70.6 Å². The highest BCUT2D eigenvalue weighted by Gasteiger charge is 2.45. The fourth-order valence-corrected chi connectivity index (χ4v) is 11.5. The zero-order valence-electron chi connectivity index (χ0n) is 45.3. The first-order valence-corrected chi connectivity index (χ1v) is 27.5. The first-order chi connectivity index (χ1) is 37.7. The van der Waals surface area contributed by atoms with E-state index in [4.69, 9.17) is 19.2 Å². The average Bonchev–Trinajstić information content (AvgIpc) is 4.31. The highest BCUT2D eigenvalue weighted by Crippen LogP contribution is 2.40. The van der Waals surface area contributed by atoms with Crippen LogP contribution in [-0.2, 0) is 38.2 Å². The molecule has 0 unspecified atom stereocenters. The minimum atomic E-state index is -1.02. The SMILES string of the molecule is Cc1ncsc1-c1ccc([C@H](C)NC(=O)[C@@H]2C[C@@H](O)CN2C(=O)[C@@H](NC(=O)COCCOCCOCC(=O)Nc2ccc(-c3ccc(C4=N[C@@H](CC(=O)O)c5nnc(C)n5-c5sc(C)c(C)c54)cc3)cc2C#N)C(C)(C)C)cc1. The van der Waals surface area contributed by atoms with Crippen molar-refractivity contribution in [3.8, 4) is 32.6 Å². The van der Waals surface area contributed by atoms with Crippen LogP contribution in [0.25, 0.3) is 26.6 Å². The van der Waals surface area contributed by atoms with Crippen molar-refractivity contribution in [1.82, 2.24) is 35.3 Å². The Morgan fingerprint density at radius 1 is 0.848 bits per heavy atom. The fourth-order valence-electron chi connectivity index (χ4n) is 9.51. The van der Waals surface area contributed by atoms with E-state index in [1.165, 1.54) is 4.90 Å². The van der Waals surface area contributed by atoms with Crippen LogP contribution in [0.2, 0.25) is 0 Å². The summed E-state index contributed by atoms with van der Waals surface area (Å²) in [5, 5.41) is 48.5. The van der Waals surface area contributed by atoms with Gasteiger partial charge in [0.25, 0.3) is 0 Å². The second-order valence-corrected chi connectivity index (χ2v) is 22.7. The number of fused-ring (bicyclic) bond motifs is 3. The Kier molecular flexibility index (Phi) is 18.3. The summed E-state index contributed by atoms with van der Waals surface area (Å²) in [6, 6.07) is 19.7. The molecule has 0 aliphatic carbocycles. The molecule has 2 aliphatic heterocycles. The standard InChI is InChI=1S/C57H64N10O10S2/c1-31-34(4)79-56-49(31)50(62-44(25-48(71)72)53-65-64-35(5)67(53)56)38-13-11-37(12-14-38)40-17-18-43(41(23-40)26-58)61-46(69)28-76-21-19-75-20-22-77-29-47(70)63-52(57(6,7)8)55(74)66-27-42(68)24-45(66)54(73)60-32(2)36-9-15-39(16-10-36)51-33(3)59-30-78-51/h9-18,23,30,32,42,44-45,52,68H,19-22,24-25,27-29H2,1-8H3,(H,60,73)(H,61,69)(H,63,70)(H,71,72)/t32-,42+,44-,45-,52+/m0/s1. The molecule has 2 aliphatic rings. The number of carbonyl (C=O) groups excluding carboxylic acids is 4. The first-order valence-electron chi connectivity index (χ1n) is 25.8. The van der Waals surface area contributed by atoms with Gasteiger partial charge in [0.05, 0.1) is 78.0 Å². The third-order valence-electron chi connectivity index (χ3n) is 13.8. The highest BCUT2D eigenvalue weighted by atomic mass is 32.1. The van der Waals surface area contributed by atoms with E-state index in [0.717, 1.165) is 59.4 Å². The summed E-state index contributed by atoms with van der Waals surface area (Å²) in [4.78, 5) is 78.5. The van der Waals surface area contributed by atoms with E-state index < -0.39 is 59.2 Å². The zero-order chi connectivity index (χ0) is 56.7. The predicted octanol–water partition coefficient (Wildman–Crippen LogP) is 6.95. The Morgan fingerprint density at radius 3 is 2.14 bits per heavy atom. The number of carboxylic acid groups (broad SMARTS) is 1. The van der Waals surface area contributed by atoms with E-state index in [1.807, 2.05) is 87.7 Å². The molecule has 5 heterocycles. The smallest absolute Gasteiger partial charge is 0.306 e. The largest absolute Gasteiger partial charge is 0.481 e. The van der Waals surface area contributed by atoms with Crippen molar-refractivity contribution in [3.63, 3.8) is 0 Å². The predicted molar refractivity (Wildman–Crippen MR) is 298 cm³/mol. The van der Waals surface area contributed by atoms with Gasteiger partial charge in [-0.1, -0.05) is 75.4 Å². The molecule has 22 heteroatoms. The summed E-state index contributed by atoms with van der Waals surface area (Å²) in [6.07, 6.45) is -1.11. The van der Waals surface area contributed by atoms with Gasteiger partial charge >= 0.3 is 5.97 Å². The molecule has 0 radical (unpaired) electrons. The molecule has 5 atom stereocenters. The number of hydrogen-bond acceptors (Lipinski definition) is 16. The molecule has 1 fully saturated rings. The van der Waals surface area contributed by atoms with Gasteiger partial charge in [-0.15, -0.1) is 32.9 Å². The van der Waals surface area contributed by atoms with Gasteiger partial charge in [0.15, 0.2) is 5.82 Å². The number of aryl methyl sites for hydroxylation is 3. The number of β-amino-alcohol motifs (C(OH)–C–C–N with tert-alkyl or cyclic N) is 1. The number of carbonyl (C=O) groups is 5. The van der Waals surface area contributed by atoms with E-state index in [9.17, 15) is 39.4 Å². The summed E-state index contributed by atoms with van der Waals surface area (Å²) in [5.41, 5.74) is 9.38. The van der Waals surface area contributed by atoms with Gasteiger partial charge in [-0.25, -0.2) is 4.98 Å². The number of aromatic nitrogens is 4. The van der Waals surface area contributed by atoms with Crippen LogP contribution in [0.1, 0.15) is 103 Å². The van der Waals surface area contributed by atoms with Crippen LogP contribution in [0.4, 0.5) is 5.69 Å². The third-order valence-corrected chi connectivity index (χ3v) is 16.0. The van der Waals surface area contributed by atoms with Crippen LogP contribution < -0.4 is 16.0 Å². The van der Waals surface area contributed by atoms with Gasteiger partial charge in [0, 0.05) is 29.0 Å². The Morgan fingerprint density at radius 2 is 1.49 bits per heavy atom. The van der Waals surface area contributed by atoms with Crippen molar-refractivity contribution in [2.75, 3.05) is 51.5 Å². The van der Waals surface area contributed by atoms with Gasteiger partial charge in [-0.3, -0.25) is 33.5 Å². The minimum Gasteiger partial charge on any atom is -0.481 e. The second kappa shape index (κ2) is 25.1. The maximum atomic E-state index is 14.1. The molecule has 79 heavy (non-hydrogen) atoms. The zero-order valence-corrected chi connectivity index (χ0v) is 46.9. The summed E-state index contributed by atoms with van der Waals surface area (Å²) in [5.74, 6) is -1.79. The number of aliphatic hydroxyl groups is 1. The molecule has 1 saturated heterocycles. The molecule has 6 aromatic rings. The van der Waals surface area contributed by atoms with Crippen molar-refractivity contribution in [2.45, 2.75) is 98.5 Å². The number of aliphatic hydroxyl groups excluding tert-OH is 1. The van der Waals surface area contributed by atoms with Gasteiger partial charge in [-0.2, -0.15) is 5.26 Å². The summed E-state index contributed by atoms with van der Waals surface area (Å²) in [6.45, 7) is 14.8. The van der Waals surface area contributed by atoms with Crippen molar-refractivity contribution >= 4 is 63.7 Å². The van der Waals surface area contributed by atoms with E-state index in [0.29, 0.717) is 23.0 Å². The van der Waals surface area contributed by atoms with Crippen molar-refractivity contribution < 1.29 is 48.4 Å². The maximum Gasteiger partial charge on any atom is 0.306 e. The number of aliphatic carboxylic acids is 1. The van der Waals surface area contributed by atoms with Crippen LogP contribution >= 0.6 is 22.7 Å². The van der Waals surface area contributed by atoms with Crippen LogP contribution in [-0.4, -0.2) is 135 Å². The quantitative estimate of drug-likeness (QED) is 0.0457. The maximum absolute atomic E-state index is 14.1. The number of amides is 4. The highest BCUT2D eigenvalue weighted by molar-refractivity contribution is 7.15. The van der Waals surface area contributed by atoms with Crippen LogP contribution in [0, 0.1) is 44.4 Å². The molecule has 4 amide bonds. The summed E-state index contributed by atoms with van der Waals surface area (Å²) < 4.78 is 18.5. The first kappa shape index (κ1) is 57.6. The number of thiophene rings is 1. The molecular weight excluding hydrogens is 1050 g/mol. The number of hydrogen-bond donors (Lipinski definition) is 5. The minimum absolute atomic E-state index is 0.0519. The lowest BCUT2D eigenvalue weighted by Gasteiger charge is -2.35. The number of thiazole rings is 1. The molecule has 8 rings (SSSR count). The second-order valence-electron chi connectivity index (χ2n) is 20.6. The number of anilines is 1. The number of nitriles is 1. The van der Waals surface area contributed by atoms with Gasteiger partial charge in [0.1, 0.15) is 48.2 Å². The molecular formula is C57H64N10O10S2. The van der Waals surface area contributed by atoms with Gasteiger partial charge in [0.2, 0.25) is 23.6 Å². The van der Waals surface area contributed by atoms with Crippen LogP contribution in [0.15, 0.2) is 77.2 Å². The monoisotopic (exact) mass is 1110 g/mol. The molecule has 0 saturated carbocycles. The summed E-state index contributed by atoms with van der Waals surface area (Å²) >= 11 is 3.14. The van der Waals surface area contributed by atoms with Gasteiger partial charge in [-0.05, 0) is 80.0 Å². The molecule has 3 aromatic carbocycles. The number of nitrogens with one attached hydrogen (secondary N) is 3. The number of rotatable bonds is 21. The van der Waals surface area contributed by atoms with Crippen LogP contribution in [0.5, 0.6) is 0 Å². The lowest BCUT2D eigenvalue weighted by atomic mass is 9.85. The number of benzene rings is 3. The number of aliphatic imine (C=N–C) groups is 1. The lowest BCUT2D eigenvalue weighted by molar-refractivity contribution is -0.144. The Balaban J connectivity index is 0.757. The van der Waals surface area contributed by atoms with Crippen LogP contribution in [0.3, 0.4) is 0 Å². The molecule has 414 valence electrons. The third kappa shape index (κ3) is 13.5. The molecule has 0 bridgehead atoms. The fraction of sp³-hybridized carbons (Fsp3) is 0.404. The number of carboxylic acids is 1. The van der Waals surface area contributed by atoms with Crippen molar-refractivity contribution in [2.24, 2.45) is 10.4 Å². The van der Waals surface area contributed by atoms with E-state index >= 15 is 0 Å². The van der Waals surface area contributed by atoms with Gasteiger partial charge < -0.3 is 45.3 Å². The van der Waals surface area contributed by atoms with Crippen molar-refractivity contribution in [3.05, 3.63) is 122 Å². The normalized spacial score (nSPS) is 16.7. The Bertz CT molecular complexity index is 3300. The molecule has 20 nitrogen and oxygen atoms in total. The number of likely N-dealkylation sites (tertiary alicyclic amines) is 1. The lowest BCUT2D eigenvalue weighted by Crippen LogP contribution is -2.58. The van der Waals surface area contributed by atoms with E-state index in [2.05, 4.69) is 37.2 Å². The molecule has 5 N–H and O–H groups in total. The Labute approximate surface area is 465 Å². The molecule has 0 spiro atoms. The van der Waals surface area contributed by atoms with Crippen molar-refractivity contribution in [1.29, 1.82) is 5.26 Å².